The average Bonchev–Trinajstić information content (AvgIpc) is 3.16. The number of amides is 1. The van der Waals surface area contributed by atoms with Crippen molar-refractivity contribution in [2.45, 2.75) is 32.6 Å². The summed E-state index contributed by atoms with van der Waals surface area (Å²) in [6.45, 7) is 1.72. The van der Waals surface area contributed by atoms with Crippen LogP contribution in [0.3, 0.4) is 0 Å². The van der Waals surface area contributed by atoms with E-state index in [1.165, 1.54) is 13.2 Å². The molecule has 0 aliphatic heterocycles. The third-order valence-corrected chi connectivity index (χ3v) is 5.45. The highest BCUT2D eigenvalue weighted by atomic mass is 19.1. The van der Waals surface area contributed by atoms with E-state index in [2.05, 4.69) is 10.4 Å². The normalized spacial score (nSPS) is 12.9. The predicted octanol–water partition coefficient (Wildman–Crippen LogP) is 4.47. The first kappa shape index (κ1) is 19.9. The summed E-state index contributed by atoms with van der Waals surface area (Å²) in [5.74, 6) is 0.522. The van der Waals surface area contributed by atoms with Gasteiger partial charge in [0.1, 0.15) is 17.3 Å². The maximum Gasteiger partial charge on any atom is 0.276 e. The highest BCUT2D eigenvalue weighted by Gasteiger charge is 2.26. The number of hydrogen-bond acceptors (Lipinski definition) is 4. The quantitative estimate of drug-likeness (QED) is 0.675. The van der Waals surface area contributed by atoms with Crippen molar-refractivity contribution in [1.82, 2.24) is 9.78 Å². The molecule has 0 fully saturated rings. The molecule has 4 rings (SSSR count). The van der Waals surface area contributed by atoms with Crippen molar-refractivity contribution in [3.8, 4) is 17.2 Å². The lowest BCUT2D eigenvalue weighted by Crippen LogP contribution is -2.16. The molecule has 0 bridgehead atoms. The number of carbonyl (C=O) groups excluding carboxylic acids is 1. The van der Waals surface area contributed by atoms with Crippen LogP contribution in [-0.4, -0.2) is 29.9 Å². The van der Waals surface area contributed by atoms with Crippen LogP contribution in [-0.2, 0) is 12.8 Å². The lowest BCUT2D eigenvalue weighted by atomic mass is 9.95. The third-order valence-electron chi connectivity index (χ3n) is 5.45. The number of aromatic nitrogens is 2. The lowest BCUT2D eigenvalue weighted by Gasteiger charge is -2.15. The van der Waals surface area contributed by atoms with Gasteiger partial charge in [0.25, 0.3) is 5.91 Å². The van der Waals surface area contributed by atoms with E-state index in [1.807, 2.05) is 6.07 Å². The first-order valence-electron chi connectivity index (χ1n) is 9.92. The zero-order valence-corrected chi connectivity index (χ0v) is 17.3. The fourth-order valence-electron chi connectivity index (χ4n) is 3.79. The van der Waals surface area contributed by atoms with E-state index >= 15 is 0 Å². The summed E-state index contributed by atoms with van der Waals surface area (Å²) in [5, 5.41) is 7.49. The molecule has 1 N–H and O–H groups in total. The van der Waals surface area contributed by atoms with Crippen LogP contribution in [0.2, 0.25) is 0 Å². The molecule has 1 aliphatic rings. The molecule has 0 saturated heterocycles. The van der Waals surface area contributed by atoms with Crippen LogP contribution in [0.1, 0.15) is 40.2 Å². The molecule has 2 aromatic carbocycles. The van der Waals surface area contributed by atoms with E-state index < -0.39 is 0 Å². The number of hydrogen-bond donors (Lipinski definition) is 1. The van der Waals surface area contributed by atoms with Crippen molar-refractivity contribution in [2.75, 3.05) is 19.5 Å². The topological polar surface area (TPSA) is 65.4 Å². The molecule has 0 radical (unpaired) electrons. The van der Waals surface area contributed by atoms with Gasteiger partial charge in [0, 0.05) is 17.3 Å². The van der Waals surface area contributed by atoms with Gasteiger partial charge >= 0.3 is 0 Å². The molecule has 1 aliphatic carbocycles. The van der Waals surface area contributed by atoms with Gasteiger partial charge in [-0.25, -0.2) is 9.07 Å². The minimum atomic E-state index is -0.317. The Labute approximate surface area is 174 Å². The zero-order valence-electron chi connectivity index (χ0n) is 17.3. The van der Waals surface area contributed by atoms with Crippen LogP contribution in [0, 0.1) is 12.7 Å². The fraction of sp³-hybridized carbons (Fsp3) is 0.304. The van der Waals surface area contributed by atoms with Crippen molar-refractivity contribution >= 4 is 11.6 Å². The summed E-state index contributed by atoms with van der Waals surface area (Å²) >= 11 is 0. The Kier molecular flexibility index (Phi) is 5.44. The van der Waals surface area contributed by atoms with E-state index in [0.29, 0.717) is 34.1 Å². The van der Waals surface area contributed by atoms with Crippen LogP contribution in [0.15, 0.2) is 36.4 Å². The van der Waals surface area contributed by atoms with Crippen LogP contribution in [0.25, 0.3) is 5.69 Å². The van der Waals surface area contributed by atoms with Crippen LogP contribution in [0.4, 0.5) is 10.1 Å². The highest BCUT2D eigenvalue weighted by Crippen LogP contribution is 2.31. The van der Waals surface area contributed by atoms with E-state index in [1.54, 1.807) is 43.0 Å². The molecule has 0 spiro atoms. The largest absolute Gasteiger partial charge is 0.497 e. The lowest BCUT2D eigenvalue weighted by molar-refractivity contribution is 0.102. The van der Waals surface area contributed by atoms with Gasteiger partial charge in [0.15, 0.2) is 5.69 Å². The number of fused-ring (bicyclic) bond motifs is 1. The molecule has 6 nitrogen and oxygen atoms in total. The van der Waals surface area contributed by atoms with E-state index in [9.17, 15) is 9.18 Å². The maximum atomic E-state index is 14.2. The van der Waals surface area contributed by atoms with Crippen LogP contribution in [0.5, 0.6) is 11.5 Å². The first-order chi connectivity index (χ1) is 14.5. The minimum Gasteiger partial charge on any atom is -0.497 e. The van der Waals surface area contributed by atoms with Crippen LogP contribution < -0.4 is 14.8 Å². The molecule has 1 heterocycles. The zero-order chi connectivity index (χ0) is 21.3. The van der Waals surface area contributed by atoms with E-state index in [0.717, 1.165) is 36.9 Å². The van der Waals surface area contributed by atoms with E-state index in [-0.39, 0.29) is 11.7 Å². The number of aryl methyl sites for hydroxylation is 1. The van der Waals surface area contributed by atoms with Gasteiger partial charge in [0.05, 0.1) is 25.6 Å². The number of anilines is 1. The van der Waals surface area contributed by atoms with Crippen molar-refractivity contribution in [3.63, 3.8) is 0 Å². The number of methoxy groups -OCH3 is 2. The Morgan fingerprint density at radius 1 is 1.10 bits per heavy atom. The molecule has 1 amide bonds. The standard InChI is InChI=1S/C23H24FN3O3/c1-14-8-9-15(12-18(14)24)27-20-7-5-4-6-17(20)22(26-27)23(28)25-19-11-10-16(29-2)13-21(19)30-3/h8-13H,4-7H2,1-3H3,(H,25,28). The van der Waals surface area contributed by atoms with Gasteiger partial charge in [-0.1, -0.05) is 6.07 Å². The second-order valence-corrected chi connectivity index (χ2v) is 7.35. The predicted molar refractivity (Wildman–Crippen MR) is 112 cm³/mol. The number of carbonyl (C=O) groups is 1. The Morgan fingerprint density at radius 2 is 1.90 bits per heavy atom. The van der Waals surface area contributed by atoms with Gasteiger partial charge in [0.2, 0.25) is 0 Å². The number of benzene rings is 2. The molecule has 0 atom stereocenters. The summed E-state index contributed by atoms with van der Waals surface area (Å²) in [6.07, 6.45) is 3.58. The Bertz CT molecular complexity index is 1110. The van der Waals surface area contributed by atoms with Crippen molar-refractivity contribution < 1.29 is 18.7 Å². The Balaban J connectivity index is 1.71. The maximum absolute atomic E-state index is 14.2. The summed E-state index contributed by atoms with van der Waals surface area (Å²) in [5.41, 5.74) is 3.98. The molecule has 3 aromatic rings. The van der Waals surface area contributed by atoms with Crippen molar-refractivity contribution in [1.29, 1.82) is 0 Å². The SMILES string of the molecule is COc1ccc(NC(=O)c2nn(-c3ccc(C)c(F)c3)c3c2CCCC3)c(OC)c1. The molecule has 0 saturated carbocycles. The van der Waals surface area contributed by atoms with Gasteiger partial charge in [-0.2, -0.15) is 5.10 Å². The molecule has 7 heteroatoms. The van der Waals surface area contributed by atoms with Gasteiger partial charge in [-0.3, -0.25) is 4.79 Å². The molecular weight excluding hydrogens is 385 g/mol. The second-order valence-electron chi connectivity index (χ2n) is 7.35. The molecule has 30 heavy (non-hydrogen) atoms. The highest BCUT2D eigenvalue weighted by molar-refractivity contribution is 6.05. The summed E-state index contributed by atoms with van der Waals surface area (Å²) in [4.78, 5) is 13.1. The summed E-state index contributed by atoms with van der Waals surface area (Å²) in [6, 6.07) is 10.2. The Morgan fingerprint density at radius 3 is 2.63 bits per heavy atom. The summed E-state index contributed by atoms with van der Waals surface area (Å²) in [7, 11) is 3.10. The van der Waals surface area contributed by atoms with Gasteiger partial charge in [-0.15, -0.1) is 0 Å². The number of ether oxygens (including phenoxy) is 2. The second kappa shape index (κ2) is 8.18. The first-order valence-corrected chi connectivity index (χ1v) is 9.92. The van der Waals surface area contributed by atoms with Gasteiger partial charge in [-0.05, 0) is 62.4 Å². The number of rotatable bonds is 5. The molecular formula is C23H24FN3O3. The number of halogens is 1. The molecule has 156 valence electrons. The average molecular weight is 409 g/mol. The fourth-order valence-corrected chi connectivity index (χ4v) is 3.79. The number of nitrogens with one attached hydrogen (secondary N) is 1. The monoisotopic (exact) mass is 409 g/mol. The van der Waals surface area contributed by atoms with Crippen molar-refractivity contribution in [2.24, 2.45) is 0 Å². The molecule has 0 unspecified atom stereocenters. The van der Waals surface area contributed by atoms with E-state index in [4.69, 9.17) is 9.47 Å². The Hall–Kier alpha value is -3.35. The van der Waals surface area contributed by atoms with Gasteiger partial charge < -0.3 is 14.8 Å². The smallest absolute Gasteiger partial charge is 0.276 e. The number of nitrogens with zero attached hydrogens (tertiary/aromatic N) is 2. The van der Waals surface area contributed by atoms with Crippen molar-refractivity contribution in [3.05, 3.63) is 64.7 Å². The summed E-state index contributed by atoms with van der Waals surface area (Å²) < 4.78 is 26.4. The molecule has 1 aromatic heterocycles. The minimum absolute atomic E-state index is 0.290. The van der Waals surface area contributed by atoms with Crippen LogP contribution >= 0.6 is 0 Å². The third kappa shape index (κ3) is 3.63.